The number of hydrogen-bond acceptors (Lipinski definition) is 4. The van der Waals surface area contributed by atoms with Crippen LogP contribution in [0.15, 0.2) is 30.3 Å². The average Bonchev–Trinajstić information content (AvgIpc) is 2.48. The van der Waals surface area contributed by atoms with E-state index in [1.54, 1.807) is 0 Å². The lowest BCUT2D eigenvalue weighted by Gasteiger charge is -2.10. The molecule has 108 valence electrons. The summed E-state index contributed by atoms with van der Waals surface area (Å²) in [7, 11) is 0. The van der Waals surface area contributed by atoms with Crippen LogP contribution in [-0.2, 0) is 0 Å². The first-order valence-corrected chi connectivity index (χ1v) is 5.92. The van der Waals surface area contributed by atoms with Gasteiger partial charge in [-0.25, -0.2) is 9.18 Å². The highest BCUT2D eigenvalue weighted by Crippen LogP contribution is 2.33. The molecule has 0 heterocycles. The molecule has 0 amide bonds. The van der Waals surface area contributed by atoms with E-state index in [4.69, 9.17) is 5.11 Å². The number of ketones is 1. The van der Waals surface area contributed by atoms with Crippen molar-refractivity contribution in [3.63, 3.8) is 0 Å². The van der Waals surface area contributed by atoms with Crippen molar-refractivity contribution in [3.05, 3.63) is 58.4 Å². The van der Waals surface area contributed by atoms with E-state index >= 15 is 0 Å². The predicted octanol–water partition coefficient (Wildman–Crippen LogP) is 2.47. The van der Waals surface area contributed by atoms with Crippen molar-refractivity contribution in [2.45, 2.75) is 6.92 Å². The summed E-state index contributed by atoms with van der Waals surface area (Å²) >= 11 is 0. The van der Waals surface area contributed by atoms with Crippen LogP contribution in [-0.4, -0.2) is 27.1 Å². The Morgan fingerprint density at radius 2 is 1.57 bits per heavy atom. The fourth-order valence-electron chi connectivity index (χ4n) is 1.94. The number of carbonyl (C=O) groups is 2. The minimum absolute atomic E-state index is 0.176. The normalized spacial score (nSPS) is 10.4. The van der Waals surface area contributed by atoms with Crippen LogP contribution in [0, 0.1) is 12.7 Å². The van der Waals surface area contributed by atoms with Gasteiger partial charge < -0.3 is 15.3 Å². The molecular formula is C15H11FO5. The van der Waals surface area contributed by atoms with Crippen LogP contribution >= 0.6 is 0 Å². The maximum absolute atomic E-state index is 13.5. The smallest absolute Gasteiger partial charge is 0.336 e. The molecule has 0 atom stereocenters. The third-order valence-electron chi connectivity index (χ3n) is 3.11. The van der Waals surface area contributed by atoms with E-state index in [2.05, 4.69) is 0 Å². The van der Waals surface area contributed by atoms with E-state index < -0.39 is 34.6 Å². The Hall–Kier alpha value is -2.89. The average molecular weight is 290 g/mol. The van der Waals surface area contributed by atoms with Crippen LogP contribution in [0.3, 0.4) is 0 Å². The molecule has 0 fully saturated rings. The number of benzene rings is 2. The van der Waals surface area contributed by atoms with Crippen molar-refractivity contribution >= 4 is 11.8 Å². The number of carboxylic acids is 1. The van der Waals surface area contributed by atoms with E-state index in [0.717, 1.165) is 0 Å². The quantitative estimate of drug-likeness (QED) is 0.755. The Bertz CT molecular complexity index is 752. The number of carbonyl (C=O) groups excluding carboxylic acids is 1. The summed E-state index contributed by atoms with van der Waals surface area (Å²) in [6.45, 7) is 1.24. The number of phenolic OH excluding ortho intramolecular Hbond substituents is 2. The van der Waals surface area contributed by atoms with E-state index in [1.807, 2.05) is 0 Å². The first-order valence-electron chi connectivity index (χ1n) is 5.92. The lowest BCUT2D eigenvalue weighted by molar-refractivity contribution is 0.0692. The maximum atomic E-state index is 13.5. The number of aromatic hydroxyl groups is 2. The van der Waals surface area contributed by atoms with Crippen molar-refractivity contribution in [2.75, 3.05) is 0 Å². The van der Waals surface area contributed by atoms with Gasteiger partial charge in [0.15, 0.2) is 17.3 Å². The zero-order chi connectivity index (χ0) is 15.7. The number of aromatic carboxylic acids is 1. The molecule has 2 aromatic rings. The van der Waals surface area contributed by atoms with Crippen molar-refractivity contribution < 1.29 is 29.3 Å². The second kappa shape index (κ2) is 5.24. The molecule has 0 aliphatic rings. The second-order valence-corrected chi connectivity index (χ2v) is 4.41. The molecule has 5 nitrogen and oxygen atoms in total. The van der Waals surface area contributed by atoms with Gasteiger partial charge >= 0.3 is 5.97 Å². The van der Waals surface area contributed by atoms with E-state index in [9.17, 15) is 24.2 Å². The minimum atomic E-state index is -1.31. The molecule has 0 spiro atoms. The number of phenols is 2. The van der Waals surface area contributed by atoms with Gasteiger partial charge in [-0.15, -0.1) is 0 Å². The Kier molecular flexibility index (Phi) is 3.62. The second-order valence-electron chi connectivity index (χ2n) is 4.41. The highest BCUT2D eigenvalue weighted by Gasteiger charge is 2.23. The number of carboxylic acid groups (broad SMARTS) is 1. The third-order valence-corrected chi connectivity index (χ3v) is 3.11. The van der Waals surface area contributed by atoms with E-state index in [-0.39, 0.29) is 16.7 Å². The van der Waals surface area contributed by atoms with Gasteiger partial charge in [0.25, 0.3) is 0 Å². The molecule has 0 aliphatic carbocycles. The minimum Gasteiger partial charge on any atom is -0.507 e. The topological polar surface area (TPSA) is 94.8 Å². The summed E-state index contributed by atoms with van der Waals surface area (Å²) in [5.41, 5.74) is -1.03. The monoisotopic (exact) mass is 290 g/mol. The van der Waals surface area contributed by atoms with Gasteiger partial charge in [-0.3, -0.25) is 4.79 Å². The van der Waals surface area contributed by atoms with Gasteiger partial charge in [0.1, 0.15) is 5.75 Å². The molecule has 0 bridgehead atoms. The fourth-order valence-corrected chi connectivity index (χ4v) is 1.94. The van der Waals surface area contributed by atoms with Crippen molar-refractivity contribution in [1.82, 2.24) is 0 Å². The summed E-state index contributed by atoms with van der Waals surface area (Å²) < 4.78 is 13.5. The maximum Gasteiger partial charge on any atom is 0.336 e. The van der Waals surface area contributed by atoms with Crippen LogP contribution < -0.4 is 0 Å². The molecule has 0 aliphatic heterocycles. The first kappa shape index (κ1) is 14.5. The fraction of sp³-hybridized carbons (Fsp3) is 0.0667. The van der Waals surface area contributed by atoms with Crippen LogP contribution in [0.2, 0.25) is 0 Å². The standard InChI is InChI=1S/C15H11FO5/c1-7-12(17)10(6-11(16)13(7)18)14(19)8-4-2-3-5-9(8)15(20)21/h2-6,17-18H,1H3,(H,20,21). The molecule has 2 rings (SSSR count). The SMILES string of the molecule is Cc1c(O)c(F)cc(C(=O)c2ccccc2C(=O)O)c1O. The molecule has 0 saturated carbocycles. The van der Waals surface area contributed by atoms with Crippen LogP contribution in [0.4, 0.5) is 4.39 Å². The Morgan fingerprint density at radius 3 is 2.14 bits per heavy atom. The zero-order valence-electron chi connectivity index (χ0n) is 10.9. The lowest BCUT2D eigenvalue weighted by Crippen LogP contribution is -2.10. The third kappa shape index (κ3) is 2.43. The molecule has 6 heteroatoms. The van der Waals surface area contributed by atoms with Crippen LogP contribution in [0.5, 0.6) is 11.5 Å². The van der Waals surface area contributed by atoms with Crippen molar-refractivity contribution in [3.8, 4) is 11.5 Å². The summed E-state index contributed by atoms with van der Waals surface area (Å²) in [4.78, 5) is 23.4. The summed E-state index contributed by atoms with van der Waals surface area (Å²) in [6.07, 6.45) is 0. The molecular weight excluding hydrogens is 279 g/mol. The van der Waals surface area contributed by atoms with Gasteiger partial charge in [-0.2, -0.15) is 0 Å². The molecule has 3 N–H and O–H groups in total. The molecule has 0 saturated heterocycles. The summed E-state index contributed by atoms with van der Waals surface area (Å²) in [6, 6.07) is 6.09. The summed E-state index contributed by atoms with van der Waals surface area (Å²) in [5.74, 6) is -4.56. The van der Waals surface area contributed by atoms with Gasteiger partial charge in [0.05, 0.1) is 11.1 Å². The molecule has 0 unspecified atom stereocenters. The van der Waals surface area contributed by atoms with Crippen LogP contribution in [0.25, 0.3) is 0 Å². The molecule has 21 heavy (non-hydrogen) atoms. The number of halogens is 1. The Morgan fingerprint density at radius 1 is 1.00 bits per heavy atom. The van der Waals surface area contributed by atoms with Crippen molar-refractivity contribution in [1.29, 1.82) is 0 Å². The van der Waals surface area contributed by atoms with Gasteiger partial charge in [0.2, 0.25) is 0 Å². The predicted molar refractivity (Wildman–Crippen MR) is 71.3 cm³/mol. The van der Waals surface area contributed by atoms with Crippen LogP contribution in [0.1, 0.15) is 31.8 Å². The Labute approximate surface area is 118 Å². The molecule has 0 radical (unpaired) electrons. The lowest BCUT2D eigenvalue weighted by atomic mass is 9.96. The van der Waals surface area contributed by atoms with Gasteiger partial charge in [0, 0.05) is 11.1 Å². The Balaban J connectivity index is 2.64. The molecule has 2 aromatic carbocycles. The van der Waals surface area contributed by atoms with E-state index in [1.165, 1.54) is 31.2 Å². The zero-order valence-corrected chi connectivity index (χ0v) is 10.9. The summed E-state index contributed by atoms with van der Waals surface area (Å²) in [5, 5.41) is 28.3. The largest absolute Gasteiger partial charge is 0.507 e. The van der Waals surface area contributed by atoms with Crippen molar-refractivity contribution in [2.24, 2.45) is 0 Å². The number of rotatable bonds is 3. The molecule has 0 aromatic heterocycles. The number of hydrogen-bond donors (Lipinski definition) is 3. The van der Waals surface area contributed by atoms with E-state index in [0.29, 0.717) is 6.07 Å². The highest BCUT2D eigenvalue weighted by molar-refractivity contribution is 6.15. The first-order chi connectivity index (χ1) is 9.84. The highest BCUT2D eigenvalue weighted by atomic mass is 19.1. The van der Waals surface area contributed by atoms with Gasteiger partial charge in [-0.1, -0.05) is 18.2 Å². The van der Waals surface area contributed by atoms with Gasteiger partial charge in [-0.05, 0) is 19.1 Å².